The van der Waals surface area contributed by atoms with Crippen molar-refractivity contribution in [3.8, 4) is 5.75 Å². The smallest absolute Gasteiger partial charge is 0.119 e. The van der Waals surface area contributed by atoms with Crippen LogP contribution in [0, 0.1) is 5.92 Å². The highest BCUT2D eigenvalue weighted by molar-refractivity contribution is 5.46. The van der Waals surface area contributed by atoms with Crippen molar-refractivity contribution in [1.29, 1.82) is 0 Å². The van der Waals surface area contributed by atoms with E-state index in [-0.39, 0.29) is 0 Å². The van der Waals surface area contributed by atoms with E-state index < -0.39 is 0 Å². The number of hydrogen-bond acceptors (Lipinski definition) is 3. The number of nitrogens with zero attached hydrogens (tertiary/aromatic N) is 1. The standard InChI is InChI=1S/C20H34N2O/c1-17(2)13-16-23-20-11-9-18(10-12-20)21-14-15-22(3)19-7-5-4-6-8-19/h9-12,17,19,21H,4-8,13-16H2,1-3H3. The summed E-state index contributed by atoms with van der Waals surface area (Å²) in [5.41, 5.74) is 1.18. The van der Waals surface area contributed by atoms with E-state index in [1.54, 1.807) is 0 Å². The van der Waals surface area contributed by atoms with E-state index in [2.05, 4.69) is 55.4 Å². The molecule has 130 valence electrons. The molecule has 0 saturated heterocycles. The van der Waals surface area contributed by atoms with Crippen LogP contribution in [-0.2, 0) is 0 Å². The minimum absolute atomic E-state index is 0.692. The van der Waals surface area contributed by atoms with E-state index >= 15 is 0 Å². The Hall–Kier alpha value is -1.22. The summed E-state index contributed by atoms with van der Waals surface area (Å²) >= 11 is 0. The van der Waals surface area contributed by atoms with Gasteiger partial charge in [0.05, 0.1) is 6.61 Å². The van der Waals surface area contributed by atoms with E-state index in [1.165, 1.54) is 37.8 Å². The van der Waals surface area contributed by atoms with Gasteiger partial charge in [0.25, 0.3) is 0 Å². The van der Waals surface area contributed by atoms with Crippen molar-refractivity contribution in [2.75, 3.05) is 32.1 Å². The molecule has 0 atom stereocenters. The summed E-state index contributed by atoms with van der Waals surface area (Å²) in [7, 11) is 2.27. The van der Waals surface area contributed by atoms with Crippen molar-refractivity contribution in [3.05, 3.63) is 24.3 Å². The quantitative estimate of drug-likeness (QED) is 0.708. The fraction of sp³-hybridized carbons (Fsp3) is 0.700. The number of likely N-dealkylation sites (N-methyl/N-ethyl adjacent to an activating group) is 1. The molecule has 2 rings (SSSR count). The Morgan fingerprint density at radius 2 is 1.83 bits per heavy atom. The molecule has 3 heteroatoms. The highest BCUT2D eigenvalue weighted by Crippen LogP contribution is 2.21. The molecule has 0 spiro atoms. The molecule has 0 amide bonds. The van der Waals surface area contributed by atoms with Crippen LogP contribution >= 0.6 is 0 Å². The van der Waals surface area contributed by atoms with Crippen LogP contribution < -0.4 is 10.1 Å². The number of ether oxygens (including phenoxy) is 1. The fourth-order valence-electron chi connectivity index (χ4n) is 3.16. The van der Waals surface area contributed by atoms with E-state index in [9.17, 15) is 0 Å². The minimum atomic E-state index is 0.692. The van der Waals surface area contributed by atoms with Crippen LogP contribution in [-0.4, -0.2) is 37.7 Å². The Balaban J connectivity index is 1.65. The van der Waals surface area contributed by atoms with Crippen LogP contribution in [0.2, 0.25) is 0 Å². The first-order chi connectivity index (χ1) is 11.1. The highest BCUT2D eigenvalue weighted by Gasteiger charge is 2.17. The summed E-state index contributed by atoms with van der Waals surface area (Å²) in [5, 5.41) is 3.52. The maximum Gasteiger partial charge on any atom is 0.119 e. The Kier molecular flexibility index (Phi) is 7.73. The van der Waals surface area contributed by atoms with Gasteiger partial charge in [-0.1, -0.05) is 33.1 Å². The molecule has 1 aliphatic carbocycles. The van der Waals surface area contributed by atoms with Crippen molar-refractivity contribution in [3.63, 3.8) is 0 Å². The largest absolute Gasteiger partial charge is 0.494 e. The SMILES string of the molecule is CC(C)CCOc1ccc(NCCN(C)C2CCCCC2)cc1. The van der Waals surface area contributed by atoms with E-state index in [0.29, 0.717) is 5.92 Å². The van der Waals surface area contributed by atoms with Crippen molar-refractivity contribution in [2.45, 2.75) is 58.4 Å². The minimum Gasteiger partial charge on any atom is -0.494 e. The van der Waals surface area contributed by atoms with E-state index in [1.807, 2.05) is 0 Å². The number of nitrogens with one attached hydrogen (secondary N) is 1. The molecule has 0 aliphatic heterocycles. The summed E-state index contributed by atoms with van der Waals surface area (Å²) in [4.78, 5) is 2.52. The Morgan fingerprint density at radius 1 is 1.13 bits per heavy atom. The zero-order valence-corrected chi connectivity index (χ0v) is 15.2. The van der Waals surface area contributed by atoms with Crippen LogP contribution in [0.3, 0.4) is 0 Å². The normalized spacial score (nSPS) is 16.0. The molecule has 0 aromatic heterocycles. The van der Waals surface area contributed by atoms with Gasteiger partial charge < -0.3 is 15.0 Å². The molecular formula is C20H34N2O. The van der Waals surface area contributed by atoms with Crippen LogP contribution in [0.25, 0.3) is 0 Å². The summed E-state index contributed by atoms with van der Waals surface area (Å²) in [6.07, 6.45) is 8.08. The Labute approximate surface area is 142 Å². The predicted molar refractivity (Wildman–Crippen MR) is 99.4 cm³/mol. The maximum atomic E-state index is 5.76. The Bertz CT molecular complexity index is 424. The lowest BCUT2D eigenvalue weighted by Gasteiger charge is -2.31. The third-order valence-electron chi connectivity index (χ3n) is 4.81. The van der Waals surface area contributed by atoms with Crippen molar-refractivity contribution < 1.29 is 4.74 Å². The number of rotatable bonds is 9. The summed E-state index contributed by atoms with van der Waals surface area (Å²) in [6, 6.07) is 9.15. The Morgan fingerprint density at radius 3 is 2.48 bits per heavy atom. The number of anilines is 1. The molecule has 1 fully saturated rings. The van der Waals surface area contributed by atoms with E-state index in [0.717, 1.165) is 37.9 Å². The molecular weight excluding hydrogens is 284 g/mol. The van der Waals surface area contributed by atoms with Gasteiger partial charge in [-0.2, -0.15) is 0 Å². The van der Waals surface area contributed by atoms with Crippen LogP contribution in [0.5, 0.6) is 5.75 Å². The van der Waals surface area contributed by atoms with Gasteiger partial charge in [0.15, 0.2) is 0 Å². The summed E-state index contributed by atoms with van der Waals surface area (Å²) in [6.45, 7) is 7.36. The lowest BCUT2D eigenvalue weighted by molar-refractivity contribution is 0.198. The van der Waals surface area contributed by atoms with Gasteiger partial charge in [0.1, 0.15) is 5.75 Å². The van der Waals surface area contributed by atoms with Gasteiger partial charge in [-0.25, -0.2) is 0 Å². The van der Waals surface area contributed by atoms with Gasteiger partial charge in [-0.3, -0.25) is 0 Å². The molecule has 1 aromatic rings. The maximum absolute atomic E-state index is 5.76. The fourth-order valence-corrected chi connectivity index (χ4v) is 3.16. The monoisotopic (exact) mass is 318 g/mol. The predicted octanol–water partition coefficient (Wildman–Crippen LogP) is 4.79. The molecule has 0 unspecified atom stereocenters. The third-order valence-corrected chi connectivity index (χ3v) is 4.81. The van der Waals surface area contributed by atoms with Crippen LogP contribution in [0.4, 0.5) is 5.69 Å². The first-order valence-electron chi connectivity index (χ1n) is 9.32. The van der Waals surface area contributed by atoms with Crippen molar-refractivity contribution in [1.82, 2.24) is 4.90 Å². The molecule has 1 N–H and O–H groups in total. The number of benzene rings is 1. The second-order valence-corrected chi connectivity index (χ2v) is 7.25. The molecule has 0 bridgehead atoms. The van der Waals surface area contributed by atoms with E-state index in [4.69, 9.17) is 4.74 Å². The van der Waals surface area contributed by atoms with Gasteiger partial charge >= 0.3 is 0 Å². The second-order valence-electron chi connectivity index (χ2n) is 7.25. The van der Waals surface area contributed by atoms with Gasteiger partial charge in [-0.15, -0.1) is 0 Å². The van der Waals surface area contributed by atoms with Crippen LogP contribution in [0.1, 0.15) is 52.4 Å². The van der Waals surface area contributed by atoms with Gasteiger partial charge in [0, 0.05) is 24.8 Å². The average Bonchev–Trinajstić information content (AvgIpc) is 2.57. The zero-order chi connectivity index (χ0) is 16.5. The molecule has 0 heterocycles. The van der Waals surface area contributed by atoms with Crippen molar-refractivity contribution >= 4 is 5.69 Å². The van der Waals surface area contributed by atoms with Crippen LogP contribution in [0.15, 0.2) is 24.3 Å². The molecule has 3 nitrogen and oxygen atoms in total. The zero-order valence-electron chi connectivity index (χ0n) is 15.2. The molecule has 23 heavy (non-hydrogen) atoms. The second kappa shape index (κ2) is 9.82. The summed E-state index contributed by atoms with van der Waals surface area (Å²) < 4.78 is 5.76. The third kappa shape index (κ3) is 6.82. The van der Waals surface area contributed by atoms with Crippen molar-refractivity contribution in [2.24, 2.45) is 5.92 Å². The molecule has 0 radical (unpaired) electrons. The first-order valence-corrected chi connectivity index (χ1v) is 9.32. The highest BCUT2D eigenvalue weighted by atomic mass is 16.5. The topological polar surface area (TPSA) is 24.5 Å². The first kappa shape index (κ1) is 18.1. The summed E-state index contributed by atoms with van der Waals surface area (Å²) in [5.74, 6) is 1.66. The molecule has 1 saturated carbocycles. The lowest BCUT2D eigenvalue weighted by atomic mass is 9.94. The van der Waals surface area contributed by atoms with Gasteiger partial charge in [-0.05, 0) is 56.5 Å². The molecule has 1 aromatic carbocycles. The lowest BCUT2D eigenvalue weighted by Crippen LogP contribution is -2.36. The number of hydrogen-bond donors (Lipinski definition) is 1. The molecule has 1 aliphatic rings. The van der Waals surface area contributed by atoms with Gasteiger partial charge in [0.2, 0.25) is 0 Å². The average molecular weight is 319 g/mol.